The summed E-state index contributed by atoms with van der Waals surface area (Å²) in [7, 11) is 2.89. The number of nitrogens with one attached hydrogen (secondary N) is 1. The lowest BCUT2D eigenvalue weighted by molar-refractivity contribution is -0.137. The molecule has 0 unspecified atom stereocenters. The molecule has 2 aromatic rings. The molecule has 1 fully saturated rings. The molecule has 3 rings (SSSR count). The Kier molecular flexibility index (Phi) is 6.17. The van der Waals surface area contributed by atoms with Gasteiger partial charge in [-0.05, 0) is 30.3 Å². The van der Waals surface area contributed by atoms with E-state index in [0.717, 1.165) is 12.1 Å². The molecule has 156 valence electrons. The van der Waals surface area contributed by atoms with Gasteiger partial charge >= 0.3 is 6.18 Å². The standard InChI is InChI=1S/C20H21F3N2O4/c1-27-15-9-13(10-16(12-15)28-2)19(26)24-17-11-14(20(21,22)23)3-4-18(17)25-5-7-29-8-6-25/h3-4,9-12H,5-8H2,1-2H3,(H,24,26). The highest BCUT2D eigenvalue weighted by Crippen LogP contribution is 2.36. The van der Waals surface area contributed by atoms with Crippen molar-refractivity contribution in [1.29, 1.82) is 0 Å². The molecular formula is C20H21F3N2O4. The highest BCUT2D eigenvalue weighted by Gasteiger charge is 2.32. The van der Waals surface area contributed by atoms with Crippen LogP contribution in [-0.4, -0.2) is 46.4 Å². The third kappa shape index (κ3) is 4.92. The topological polar surface area (TPSA) is 60.0 Å². The lowest BCUT2D eigenvalue weighted by Gasteiger charge is -2.31. The van der Waals surface area contributed by atoms with Crippen molar-refractivity contribution in [2.24, 2.45) is 0 Å². The van der Waals surface area contributed by atoms with Crippen LogP contribution in [0.15, 0.2) is 36.4 Å². The molecule has 0 atom stereocenters. The number of amides is 1. The quantitative estimate of drug-likeness (QED) is 0.812. The van der Waals surface area contributed by atoms with Crippen LogP contribution in [0.25, 0.3) is 0 Å². The first-order valence-electron chi connectivity index (χ1n) is 8.90. The van der Waals surface area contributed by atoms with E-state index < -0.39 is 17.6 Å². The van der Waals surface area contributed by atoms with Gasteiger partial charge in [-0.25, -0.2) is 0 Å². The van der Waals surface area contributed by atoms with Crippen LogP contribution >= 0.6 is 0 Å². The smallest absolute Gasteiger partial charge is 0.416 e. The fraction of sp³-hybridized carbons (Fsp3) is 0.350. The summed E-state index contributed by atoms with van der Waals surface area (Å²) in [6.07, 6.45) is -4.53. The van der Waals surface area contributed by atoms with E-state index in [4.69, 9.17) is 14.2 Å². The minimum Gasteiger partial charge on any atom is -0.497 e. The van der Waals surface area contributed by atoms with Gasteiger partial charge in [0.2, 0.25) is 0 Å². The summed E-state index contributed by atoms with van der Waals surface area (Å²) in [5.41, 5.74) is -0.0578. The Labute approximate surface area is 166 Å². The van der Waals surface area contributed by atoms with Gasteiger partial charge in [-0.1, -0.05) is 0 Å². The van der Waals surface area contributed by atoms with Crippen LogP contribution in [0.5, 0.6) is 11.5 Å². The monoisotopic (exact) mass is 410 g/mol. The Morgan fingerprint density at radius 3 is 2.21 bits per heavy atom. The number of methoxy groups -OCH3 is 2. The zero-order valence-corrected chi connectivity index (χ0v) is 16.0. The molecule has 1 aliphatic rings. The number of anilines is 2. The fourth-order valence-electron chi connectivity index (χ4n) is 3.03. The second kappa shape index (κ2) is 8.60. The zero-order chi connectivity index (χ0) is 21.0. The SMILES string of the molecule is COc1cc(OC)cc(C(=O)Nc2cc(C(F)(F)F)ccc2N2CCOCC2)c1. The lowest BCUT2D eigenvalue weighted by atomic mass is 10.1. The first-order valence-corrected chi connectivity index (χ1v) is 8.90. The van der Waals surface area contributed by atoms with E-state index in [9.17, 15) is 18.0 Å². The molecule has 0 spiro atoms. The maximum atomic E-state index is 13.2. The maximum Gasteiger partial charge on any atom is 0.416 e. The molecule has 1 amide bonds. The fourth-order valence-corrected chi connectivity index (χ4v) is 3.03. The third-order valence-electron chi connectivity index (χ3n) is 4.54. The number of morpholine rings is 1. The van der Waals surface area contributed by atoms with E-state index in [1.54, 1.807) is 6.07 Å². The molecule has 0 radical (unpaired) electrons. The van der Waals surface area contributed by atoms with E-state index in [2.05, 4.69) is 5.32 Å². The summed E-state index contributed by atoms with van der Waals surface area (Å²) in [6, 6.07) is 7.89. The molecule has 2 aromatic carbocycles. The number of rotatable bonds is 5. The van der Waals surface area contributed by atoms with Crippen LogP contribution in [0.3, 0.4) is 0 Å². The number of carbonyl (C=O) groups excluding carboxylic acids is 1. The van der Waals surface area contributed by atoms with E-state index in [0.29, 0.717) is 43.5 Å². The van der Waals surface area contributed by atoms with Gasteiger partial charge in [0.05, 0.1) is 44.4 Å². The lowest BCUT2D eigenvalue weighted by Crippen LogP contribution is -2.36. The van der Waals surface area contributed by atoms with E-state index in [1.165, 1.54) is 32.4 Å². The van der Waals surface area contributed by atoms with Crippen LogP contribution in [0.2, 0.25) is 0 Å². The predicted molar refractivity (Wildman–Crippen MR) is 102 cm³/mol. The number of ether oxygens (including phenoxy) is 3. The normalized spacial score (nSPS) is 14.4. The van der Waals surface area contributed by atoms with E-state index >= 15 is 0 Å². The van der Waals surface area contributed by atoms with Gasteiger partial charge in [0.25, 0.3) is 5.91 Å². The Morgan fingerprint density at radius 1 is 1.03 bits per heavy atom. The first-order chi connectivity index (χ1) is 13.8. The van der Waals surface area contributed by atoms with E-state index in [-0.39, 0.29) is 11.3 Å². The van der Waals surface area contributed by atoms with Gasteiger partial charge in [-0.2, -0.15) is 13.2 Å². The largest absolute Gasteiger partial charge is 0.497 e. The van der Waals surface area contributed by atoms with Crippen molar-refractivity contribution in [3.8, 4) is 11.5 Å². The number of benzene rings is 2. The van der Waals surface area contributed by atoms with Gasteiger partial charge in [0.15, 0.2) is 0 Å². The van der Waals surface area contributed by atoms with E-state index in [1.807, 2.05) is 4.90 Å². The van der Waals surface area contributed by atoms with Crippen LogP contribution in [0, 0.1) is 0 Å². The van der Waals surface area contributed by atoms with Crippen molar-refractivity contribution >= 4 is 17.3 Å². The average molecular weight is 410 g/mol. The predicted octanol–water partition coefficient (Wildman–Crippen LogP) is 3.81. The van der Waals surface area contributed by atoms with Gasteiger partial charge in [0.1, 0.15) is 11.5 Å². The Hall–Kier alpha value is -2.94. The van der Waals surface area contributed by atoms with Gasteiger partial charge < -0.3 is 24.4 Å². The molecular weight excluding hydrogens is 389 g/mol. The highest BCUT2D eigenvalue weighted by molar-refractivity contribution is 6.06. The van der Waals surface area contributed by atoms with Crippen molar-refractivity contribution in [3.05, 3.63) is 47.5 Å². The molecule has 0 aliphatic carbocycles. The van der Waals surface area contributed by atoms with Gasteiger partial charge in [-0.3, -0.25) is 4.79 Å². The summed E-state index contributed by atoms with van der Waals surface area (Å²) >= 11 is 0. The van der Waals surface area contributed by atoms with Crippen LogP contribution in [0.4, 0.5) is 24.5 Å². The van der Waals surface area contributed by atoms with Crippen molar-refractivity contribution < 1.29 is 32.2 Å². The second-order valence-corrected chi connectivity index (χ2v) is 6.38. The Bertz CT molecular complexity index is 858. The number of nitrogens with zero attached hydrogens (tertiary/aromatic N) is 1. The molecule has 1 aliphatic heterocycles. The minimum absolute atomic E-state index is 0.0773. The van der Waals surface area contributed by atoms with Crippen LogP contribution in [-0.2, 0) is 10.9 Å². The van der Waals surface area contributed by atoms with Gasteiger partial charge in [-0.15, -0.1) is 0 Å². The summed E-state index contributed by atoms with van der Waals surface area (Å²) < 4.78 is 55.3. The van der Waals surface area contributed by atoms with Crippen LogP contribution < -0.4 is 19.7 Å². The van der Waals surface area contributed by atoms with Crippen LogP contribution in [0.1, 0.15) is 15.9 Å². The Balaban J connectivity index is 1.96. The molecule has 0 aromatic heterocycles. The third-order valence-corrected chi connectivity index (χ3v) is 4.54. The molecule has 1 saturated heterocycles. The maximum absolute atomic E-state index is 13.2. The number of carbonyl (C=O) groups is 1. The molecule has 9 heteroatoms. The molecule has 1 heterocycles. The molecule has 29 heavy (non-hydrogen) atoms. The molecule has 6 nitrogen and oxygen atoms in total. The number of alkyl halides is 3. The summed E-state index contributed by atoms with van der Waals surface area (Å²) in [6.45, 7) is 1.95. The van der Waals surface area contributed by atoms with Crippen molar-refractivity contribution in [3.63, 3.8) is 0 Å². The summed E-state index contributed by atoms with van der Waals surface area (Å²) in [5, 5.41) is 2.61. The number of halogens is 3. The zero-order valence-electron chi connectivity index (χ0n) is 16.0. The second-order valence-electron chi connectivity index (χ2n) is 6.38. The Morgan fingerprint density at radius 2 is 1.66 bits per heavy atom. The number of hydrogen-bond acceptors (Lipinski definition) is 5. The number of hydrogen-bond donors (Lipinski definition) is 1. The summed E-state index contributed by atoms with van der Waals surface area (Å²) in [4.78, 5) is 14.7. The molecule has 0 bridgehead atoms. The molecule has 1 N–H and O–H groups in total. The first kappa shape index (κ1) is 20.8. The van der Waals surface area contributed by atoms with Crippen molar-refractivity contribution in [1.82, 2.24) is 0 Å². The summed E-state index contributed by atoms with van der Waals surface area (Å²) in [5.74, 6) is 0.218. The highest BCUT2D eigenvalue weighted by atomic mass is 19.4. The van der Waals surface area contributed by atoms with Gasteiger partial charge in [0, 0.05) is 24.7 Å². The van der Waals surface area contributed by atoms with Crippen molar-refractivity contribution in [2.75, 3.05) is 50.7 Å². The minimum atomic E-state index is -4.53. The average Bonchev–Trinajstić information content (AvgIpc) is 2.73. The van der Waals surface area contributed by atoms with Crippen molar-refractivity contribution in [2.45, 2.75) is 6.18 Å². The molecule has 0 saturated carbocycles.